The number of carbonyl (C=O) groups excluding carboxylic acids is 1. The molecule has 0 radical (unpaired) electrons. The van der Waals surface area contributed by atoms with Gasteiger partial charge in [0, 0.05) is 37.9 Å². The van der Waals surface area contributed by atoms with Crippen molar-refractivity contribution in [1.29, 1.82) is 0 Å². The maximum Gasteiger partial charge on any atom is 0.259 e. The molecule has 0 spiro atoms. The summed E-state index contributed by atoms with van der Waals surface area (Å²) >= 11 is 0. The van der Waals surface area contributed by atoms with Crippen molar-refractivity contribution in [1.82, 2.24) is 24.9 Å². The average molecular weight is 355 g/mol. The first kappa shape index (κ1) is 17.0. The van der Waals surface area contributed by atoms with Gasteiger partial charge in [0.15, 0.2) is 0 Å². The Morgan fingerprint density at radius 2 is 2.23 bits per heavy atom. The summed E-state index contributed by atoms with van der Waals surface area (Å²) in [6.45, 7) is 4.72. The fraction of sp³-hybridized carbons (Fsp3) is 0.579. The number of aromatic nitrogens is 4. The third-order valence-electron chi connectivity index (χ3n) is 5.09. The zero-order valence-corrected chi connectivity index (χ0v) is 15.2. The molecule has 7 heteroatoms. The van der Waals surface area contributed by atoms with E-state index in [1.54, 1.807) is 18.3 Å². The standard InChI is InChI=1S/C19H25N5O2/c1-2-26-18-16(6-3-9-20-18)19(25)23-10-4-5-14(11-23)12-24-13-17(21-22-24)15-7-8-15/h3,6,9,13-15H,2,4-5,7-8,10-12H2,1H3/t14-/m0/s1. The molecule has 138 valence electrons. The average Bonchev–Trinajstić information content (AvgIpc) is 3.42. The SMILES string of the molecule is CCOc1ncccc1C(=O)N1CCC[C@H](Cn2cc(C3CC3)nn2)C1. The van der Waals surface area contributed by atoms with E-state index in [0.29, 0.717) is 29.9 Å². The number of likely N-dealkylation sites (tertiary alicyclic amines) is 1. The molecule has 2 aromatic heterocycles. The predicted octanol–water partition coefficient (Wildman–Crippen LogP) is 2.50. The van der Waals surface area contributed by atoms with Crippen molar-refractivity contribution in [3.8, 4) is 5.88 Å². The minimum atomic E-state index is 0.00325. The summed E-state index contributed by atoms with van der Waals surface area (Å²) in [5.74, 6) is 1.44. The van der Waals surface area contributed by atoms with E-state index in [9.17, 15) is 4.79 Å². The van der Waals surface area contributed by atoms with E-state index in [1.165, 1.54) is 12.8 Å². The smallest absolute Gasteiger partial charge is 0.259 e. The van der Waals surface area contributed by atoms with Crippen molar-refractivity contribution < 1.29 is 9.53 Å². The molecule has 1 saturated carbocycles. The van der Waals surface area contributed by atoms with Gasteiger partial charge in [0.1, 0.15) is 5.56 Å². The maximum absolute atomic E-state index is 13.0. The van der Waals surface area contributed by atoms with Gasteiger partial charge in [-0.15, -0.1) is 5.10 Å². The molecular formula is C19H25N5O2. The van der Waals surface area contributed by atoms with E-state index >= 15 is 0 Å². The second-order valence-electron chi connectivity index (χ2n) is 7.19. The number of ether oxygens (including phenoxy) is 1. The number of piperidine rings is 1. The highest BCUT2D eigenvalue weighted by Crippen LogP contribution is 2.38. The molecule has 1 atom stereocenters. The van der Waals surface area contributed by atoms with Crippen molar-refractivity contribution in [2.45, 2.75) is 45.1 Å². The molecule has 1 saturated heterocycles. The van der Waals surface area contributed by atoms with Crippen molar-refractivity contribution in [3.05, 3.63) is 35.8 Å². The molecule has 0 aromatic carbocycles. The second-order valence-corrected chi connectivity index (χ2v) is 7.19. The van der Waals surface area contributed by atoms with Gasteiger partial charge < -0.3 is 9.64 Å². The lowest BCUT2D eigenvalue weighted by atomic mass is 9.97. The Kier molecular flexibility index (Phi) is 4.86. The van der Waals surface area contributed by atoms with E-state index in [4.69, 9.17) is 4.74 Å². The van der Waals surface area contributed by atoms with E-state index in [2.05, 4.69) is 21.5 Å². The summed E-state index contributed by atoms with van der Waals surface area (Å²) in [7, 11) is 0. The van der Waals surface area contributed by atoms with Crippen LogP contribution in [0.2, 0.25) is 0 Å². The molecule has 1 aliphatic heterocycles. The van der Waals surface area contributed by atoms with Crippen LogP contribution in [0.15, 0.2) is 24.5 Å². The molecule has 2 fully saturated rings. The number of carbonyl (C=O) groups is 1. The summed E-state index contributed by atoms with van der Waals surface area (Å²) in [4.78, 5) is 19.1. The third-order valence-corrected chi connectivity index (χ3v) is 5.09. The minimum Gasteiger partial charge on any atom is -0.477 e. The fourth-order valence-electron chi connectivity index (χ4n) is 3.61. The highest BCUT2D eigenvalue weighted by atomic mass is 16.5. The van der Waals surface area contributed by atoms with Gasteiger partial charge in [-0.3, -0.25) is 9.48 Å². The van der Waals surface area contributed by atoms with Crippen molar-refractivity contribution in [3.63, 3.8) is 0 Å². The van der Waals surface area contributed by atoms with Crippen LogP contribution in [0.1, 0.15) is 54.6 Å². The molecule has 0 bridgehead atoms. The van der Waals surface area contributed by atoms with E-state index in [0.717, 1.165) is 38.2 Å². The van der Waals surface area contributed by atoms with Gasteiger partial charge in [-0.1, -0.05) is 5.21 Å². The molecule has 1 aliphatic carbocycles. The Balaban J connectivity index is 1.41. The molecule has 3 heterocycles. The number of rotatable bonds is 6. The topological polar surface area (TPSA) is 73.1 Å². The van der Waals surface area contributed by atoms with Crippen molar-refractivity contribution in [2.75, 3.05) is 19.7 Å². The van der Waals surface area contributed by atoms with Crippen LogP contribution < -0.4 is 4.74 Å². The van der Waals surface area contributed by atoms with Gasteiger partial charge >= 0.3 is 0 Å². The molecular weight excluding hydrogens is 330 g/mol. The number of hydrogen-bond donors (Lipinski definition) is 0. The summed E-state index contributed by atoms with van der Waals surface area (Å²) < 4.78 is 7.47. The summed E-state index contributed by atoms with van der Waals surface area (Å²) in [5.41, 5.74) is 1.66. The number of nitrogens with zero attached hydrogens (tertiary/aromatic N) is 5. The molecule has 1 amide bonds. The van der Waals surface area contributed by atoms with Crippen molar-refractivity contribution in [2.24, 2.45) is 5.92 Å². The van der Waals surface area contributed by atoms with Crippen LogP contribution >= 0.6 is 0 Å². The Morgan fingerprint density at radius 1 is 1.35 bits per heavy atom. The van der Waals surface area contributed by atoms with E-state index in [-0.39, 0.29) is 5.91 Å². The number of amides is 1. The quantitative estimate of drug-likeness (QED) is 0.796. The monoisotopic (exact) mass is 355 g/mol. The second kappa shape index (κ2) is 7.43. The zero-order valence-electron chi connectivity index (χ0n) is 15.2. The lowest BCUT2D eigenvalue weighted by Crippen LogP contribution is -2.41. The normalized spacial score (nSPS) is 20.2. The predicted molar refractivity (Wildman–Crippen MR) is 96.0 cm³/mol. The maximum atomic E-state index is 13.0. The summed E-state index contributed by atoms with van der Waals surface area (Å²) in [6, 6.07) is 3.58. The first-order valence-corrected chi connectivity index (χ1v) is 9.51. The molecule has 26 heavy (non-hydrogen) atoms. The molecule has 0 unspecified atom stereocenters. The van der Waals surface area contributed by atoms with Gasteiger partial charge in [-0.05, 0) is 50.7 Å². The summed E-state index contributed by atoms with van der Waals surface area (Å²) in [6.07, 6.45) is 8.31. The van der Waals surface area contributed by atoms with Gasteiger partial charge in [0.2, 0.25) is 5.88 Å². The minimum absolute atomic E-state index is 0.00325. The van der Waals surface area contributed by atoms with E-state index < -0.39 is 0 Å². The van der Waals surface area contributed by atoms with Gasteiger partial charge in [0.25, 0.3) is 5.91 Å². The molecule has 2 aliphatic rings. The molecule has 4 rings (SSSR count). The zero-order chi connectivity index (χ0) is 17.9. The largest absolute Gasteiger partial charge is 0.477 e. The first-order valence-electron chi connectivity index (χ1n) is 9.51. The van der Waals surface area contributed by atoms with Crippen LogP contribution in [0, 0.1) is 5.92 Å². The van der Waals surface area contributed by atoms with Crippen LogP contribution in [0.25, 0.3) is 0 Å². The number of pyridine rings is 1. The number of hydrogen-bond acceptors (Lipinski definition) is 5. The lowest BCUT2D eigenvalue weighted by molar-refractivity contribution is 0.0654. The van der Waals surface area contributed by atoms with Crippen LogP contribution in [0.3, 0.4) is 0 Å². The Hall–Kier alpha value is -2.44. The van der Waals surface area contributed by atoms with Crippen LogP contribution in [0.4, 0.5) is 0 Å². The first-order chi connectivity index (χ1) is 12.7. The molecule has 0 N–H and O–H groups in total. The Morgan fingerprint density at radius 3 is 3.04 bits per heavy atom. The molecule has 2 aromatic rings. The fourth-order valence-corrected chi connectivity index (χ4v) is 3.61. The van der Waals surface area contributed by atoms with Gasteiger partial charge in [-0.25, -0.2) is 4.98 Å². The third kappa shape index (κ3) is 3.71. The highest BCUT2D eigenvalue weighted by Gasteiger charge is 2.29. The van der Waals surface area contributed by atoms with Crippen LogP contribution in [-0.4, -0.2) is 50.5 Å². The van der Waals surface area contributed by atoms with Crippen molar-refractivity contribution >= 4 is 5.91 Å². The van der Waals surface area contributed by atoms with Crippen LogP contribution in [-0.2, 0) is 6.54 Å². The highest BCUT2D eigenvalue weighted by molar-refractivity contribution is 5.96. The van der Waals surface area contributed by atoms with Gasteiger partial charge in [0.05, 0.1) is 12.3 Å². The summed E-state index contributed by atoms with van der Waals surface area (Å²) in [5, 5.41) is 8.56. The van der Waals surface area contributed by atoms with E-state index in [1.807, 2.05) is 16.5 Å². The molecule has 7 nitrogen and oxygen atoms in total. The van der Waals surface area contributed by atoms with Crippen LogP contribution in [0.5, 0.6) is 5.88 Å². The van der Waals surface area contributed by atoms with Gasteiger partial charge in [-0.2, -0.15) is 0 Å². The Bertz CT molecular complexity index is 771. The lowest BCUT2D eigenvalue weighted by Gasteiger charge is -2.32. The Labute approximate surface area is 153 Å².